The first-order valence-corrected chi connectivity index (χ1v) is 11.1. The highest BCUT2D eigenvalue weighted by Gasteiger charge is 2.32. The van der Waals surface area contributed by atoms with E-state index in [1.807, 2.05) is 24.3 Å². The van der Waals surface area contributed by atoms with E-state index in [4.69, 9.17) is 16.7 Å². The minimum absolute atomic E-state index is 0.0266. The van der Waals surface area contributed by atoms with E-state index in [0.29, 0.717) is 29.7 Å². The Bertz CT molecular complexity index is 943. The molecule has 1 atom stereocenters. The number of carbonyl (C=O) groups is 1. The number of halogens is 1. The molecule has 8 heteroatoms. The Morgan fingerprint density at radius 1 is 1.25 bits per heavy atom. The van der Waals surface area contributed by atoms with Crippen molar-refractivity contribution in [2.45, 2.75) is 43.2 Å². The van der Waals surface area contributed by atoms with Crippen LogP contribution in [0.15, 0.2) is 53.4 Å². The maximum atomic E-state index is 12.4. The lowest BCUT2D eigenvalue weighted by Crippen LogP contribution is -2.32. The molecular formula is C20H24ClN3O3S. The van der Waals surface area contributed by atoms with Crippen LogP contribution in [0.2, 0.25) is 5.02 Å². The lowest BCUT2D eigenvalue weighted by molar-refractivity contribution is -0.116. The summed E-state index contributed by atoms with van der Waals surface area (Å²) in [4.78, 5) is 14.7. The smallest absolute Gasteiger partial charge is 0.238 e. The topological polar surface area (TPSA) is 92.5 Å². The van der Waals surface area contributed by atoms with E-state index in [0.717, 1.165) is 18.4 Å². The first-order chi connectivity index (χ1) is 13.2. The molecule has 1 saturated carbocycles. The van der Waals surface area contributed by atoms with Crippen LogP contribution in [-0.4, -0.2) is 31.8 Å². The van der Waals surface area contributed by atoms with E-state index in [2.05, 4.69) is 17.1 Å². The zero-order valence-electron chi connectivity index (χ0n) is 15.6. The average Bonchev–Trinajstić information content (AvgIpc) is 3.47. The Morgan fingerprint density at radius 3 is 2.54 bits per heavy atom. The summed E-state index contributed by atoms with van der Waals surface area (Å²) in [6.07, 6.45) is 2.58. The van der Waals surface area contributed by atoms with Gasteiger partial charge in [0.2, 0.25) is 15.9 Å². The van der Waals surface area contributed by atoms with Gasteiger partial charge in [-0.25, -0.2) is 13.6 Å². The third-order valence-electron chi connectivity index (χ3n) is 4.91. The summed E-state index contributed by atoms with van der Waals surface area (Å²) in [7, 11) is -3.80. The van der Waals surface area contributed by atoms with Crippen LogP contribution in [0.25, 0.3) is 0 Å². The summed E-state index contributed by atoms with van der Waals surface area (Å²) in [5.41, 5.74) is 1.58. The van der Waals surface area contributed by atoms with Crippen LogP contribution in [0.5, 0.6) is 0 Å². The molecule has 1 fully saturated rings. The van der Waals surface area contributed by atoms with Crippen molar-refractivity contribution in [3.8, 4) is 0 Å². The molecule has 0 saturated heterocycles. The number of amides is 1. The number of hydrogen-bond acceptors (Lipinski definition) is 4. The van der Waals surface area contributed by atoms with Crippen LogP contribution in [0.1, 0.15) is 37.8 Å². The summed E-state index contributed by atoms with van der Waals surface area (Å²) in [6.45, 7) is 2.75. The van der Waals surface area contributed by atoms with Crippen LogP contribution < -0.4 is 10.5 Å². The van der Waals surface area contributed by atoms with E-state index in [1.54, 1.807) is 12.1 Å². The van der Waals surface area contributed by atoms with Crippen molar-refractivity contribution in [3.63, 3.8) is 0 Å². The maximum Gasteiger partial charge on any atom is 0.238 e. The third-order valence-corrected chi connectivity index (χ3v) is 6.07. The second-order valence-electron chi connectivity index (χ2n) is 7.07. The first kappa shape index (κ1) is 20.8. The van der Waals surface area contributed by atoms with Gasteiger partial charge in [0.25, 0.3) is 0 Å². The first-order valence-electron chi connectivity index (χ1n) is 9.18. The molecule has 0 aromatic heterocycles. The van der Waals surface area contributed by atoms with Crippen molar-refractivity contribution in [3.05, 3.63) is 59.1 Å². The molecule has 0 radical (unpaired) electrons. The van der Waals surface area contributed by atoms with Crippen molar-refractivity contribution < 1.29 is 13.2 Å². The van der Waals surface area contributed by atoms with E-state index in [-0.39, 0.29) is 16.8 Å². The molecule has 6 nitrogen and oxygen atoms in total. The normalized spacial score (nSPS) is 15.4. The van der Waals surface area contributed by atoms with E-state index < -0.39 is 10.0 Å². The van der Waals surface area contributed by atoms with E-state index >= 15 is 0 Å². The van der Waals surface area contributed by atoms with Gasteiger partial charge in [0, 0.05) is 35.8 Å². The van der Waals surface area contributed by atoms with Gasteiger partial charge >= 0.3 is 0 Å². The minimum atomic E-state index is -3.80. The van der Waals surface area contributed by atoms with Gasteiger partial charge in [-0.05, 0) is 55.7 Å². The third kappa shape index (κ3) is 5.54. The SMILES string of the molecule is CC(c1ccc(Cl)cc1)N(CCC(=O)Nc1cccc(S(N)(=O)=O)c1)C1CC1. The molecule has 1 amide bonds. The lowest BCUT2D eigenvalue weighted by atomic mass is 10.1. The number of anilines is 1. The number of rotatable bonds is 8. The zero-order valence-corrected chi connectivity index (χ0v) is 17.2. The van der Waals surface area contributed by atoms with Crippen molar-refractivity contribution in [2.24, 2.45) is 5.14 Å². The maximum absolute atomic E-state index is 12.4. The number of hydrogen-bond donors (Lipinski definition) is 2. The second kappa shape index (κ2) is 8.61. The Morgan fingerprint density at radius 2 is 1.93 bits per heavy atom. The van der Waals surface area contributed by atoms with Gasteiger partial charge in [0.05, 0.1) is 4.90 Å². The average molecular weight is 422 g/mol. The lowest BCUT2D eigenvalue weighted by Gasteiger charge is -2.29. The Labute approximate surface area is 170 Å². The molecule has 0 aliphatic heterocycles. The highest BCUT2D eigenvalue weighted by atomic mass is 35.5. The highest BCUT2D eigenvalue weighted by molar-refractivity contribution is 7.89. The van der Waals surface area contributed by atoms with Crippen LogP contribution in [0.4, 0.5) is 5.69 Å². The number of benzene rings is 2. The van der Waals surface area contributed by atoms with Crippen molar-refractivity contribution in [2.75, 3.05) is 11.9 Å². The number of nitrogens with two attached hydrogens (primary N) is 1. The van der Waals surface area contributed by atoms with Gasteiger partial charge in [0.15, 0.2) is 0 Å². The molecule has 28 heavy (non-hydrogen) atoms. The van der Waals surface area contributed by atoms with Gasteiger partial charge in [-0.2, -0.15) is 0 Å². The van der Waals surface area contributed by atoms with Crippen molar-refractivity contribution >= 4 is 33.2 Å². The number of carbonyl (C=O) groups excluding carboxylic acids is 1. The molecule has 3 rings (SSSR count). The standard InChI is InChI=1S/C20H24ClN3O3S/c1-14(15-5-7-16(21)8-6-15)24(18-9-10-18)12-11-20(25)23-17-3-2-4-19(13-17)28(22,26)27/h2-8,13-14,18H,9-12H2,1H3,(H,23,25)(H2,22,26,27). The molecule has 3 N–H and O–H groups in total. The number of nitrogens with zero attached hydrogens (tertiary/aromatic N) is 1. The fraction of sp³-hybridized carbons (Fsp3) is 0.350. The Balaban J connectivity index is 1.61. The number of nitrogens with one attached hydrogen (secondary N) is 1. The van der Waals surface area contributed by atoms with E-state index in [1.165, 1.54) is 12.1 Å². The van der Waals surface area contributed by atoms with Gasteiger partial charge < -0.3 is 5.32 Å². The monoisotopic (exact) mass is 421 g/mol. The summed E-state index contributed by atoms with van der Waals surface area (Å²) in [6, 6.07) is 14.4. The highest BCUT2D eigenvalue weighted by Crippen LogP contribution is 2.34. The molecule has 0 heterocycles. The second-order valence-corrected chi connectivity index (χ2v) is 9.07. The van der Waals surface area contributed by atoms with Gasteiger partial charge in [-0.3, -0.25) is 9.69 Å². The molecule has 0 bridgehead atoms. The largest absolute Gasteiger partial charge is 0.326 e. The fourth-order valence-electron chi connectivity index (χ4n) is 3.24. The molecule has 150 valence electrons. The van der Waals surface area contributed by atoms with Crippen LogP contribution >= 0.6 is 11.6 Å². The zero-order chi connectivity index (χ0) is 20.3. The van der Waals surface area contributed by atoms with Crippen molar-refractivity contribution in [1.82, 2.24) is 4.90 Å². The van der Waals surface area contributed by atoms with Gasteiger partial charge in [0.1, 0.15) is 0 Å². The van der Waals surface area contributed by atoms with Crippen LogP contribution in [0.3, 0.4) is 0 Å². The number of sulfonamides is 1. The summed E-state index contributed by atoms with van der Waals surface area (Å²) in [5.74, 6) is -0.166. The molecule has 1 aliphatic carbocycles. The predicted molar refractivity (Wildman–Crippen MR) is 111 cm³/mol. The molecule has 1 aliphatic rings. The summed E-state index contributed by atoms with van der Waals surface area (Å²) < 4.78 is 22.9. The molecular weight excluding hydrogens is 398 g/mol. The Hall–Kier alpha value is -1.93. The molecule has 1 unspecified atom stereocenters. The number of primary sulfonamides is 1. The predicted octanol–water partition coefficient (Wildman–Crippen LogP) is 3.54. The van der Waals surface area contributed by atoms with Crippen LogP contribution in [-0.2, 0) is 14.8 Å². The molecule has 2 aromatic rings. The fourth-order valence-corrected chi connectivity index (χ4v) is 3.92. The quantitative estimate of drug-likeness (QED) is 0.681. The summed E-state index contributed by atoms with van der Waals surface area (Å²) >= 11 is 5.98. The molecule has 2 aromatic carbocycles. The summed E-state index contributed by atoms with van der Waals surface area (Å²) in [5, 5.41) is 8.59. The minimum Gasteiger partial charge on any atom is -0.326 e. The Kier molecular flexibility index (Phi) is 6.40. The van der Waals surface area contributed by atoms with Gasteiger partial charge in [-0.15, -0.1) is 0 Å². The van der Waals surface area contributed by atoms with Crippen LogP contribution in [0, 0.1) is 0 Å². The van der Waals surface area contributed by atoms with Gasteiger partial charge in [-0.1, -0.05) is 29.8 Å². The van der Waals surface area contributed by atoms with E-state index in [9.17, 15) is 13.2 Å². The molecule has 0 spiro atoms. The van der Waals surface area contributed by atoms with Crippen molar-refractivity contribution in [1.29, 1.82) is 0 Å².